The normalized spacial score (nSPS) is 16.0. The summed E-state index contributed by atoms with van der Waals surface area (Å²) in [6.45, 7) is 5.36. The van der Waals surface area contributed by atoms with Gasteiger partial charge in [0.15, 0.2) is 0 Å². The van der Waals surface area contributed by atoms with Crippen molar-refractivity contribution in [3.05, 3.63) is 18.2 Å². The highest BCUT2D eigenvalue weighted by Crippen LogP contribution is 2.34. The van der Waals surface area contributed by atoms with Gasteiger partial charge in [0.25, 0.3) is 5.89 Å². The molecule has 36 heavy (non-hydrogen) atoms. The van der Waals surface area contributed by atoms with E-state index >= 15 is 0 Å². The van der Waals surface area contributed by atoms with E-state index in [9.17, 15) is 18.0 Å². The number of nitrogens with zero attached hydrogens (tertiary/aromatic N) is 3. The van der Waals surface area contributed by atoms with Crippen molar-refractivity contribution in [1.29, 1.82) is 0 Å². The molecule has 0 spiro atoms. The fourth-order valence-corrected chi connectivity index (χ4v) is 3.26. The molecule has 0 radical (unpaired) electrons. The number of anilines is 2. The minimum absolute atomic E-state index is 0.0566. The highest BCUT2D eigenvalue weighted by Gasteiger charge is 2.38. The van der Waals surface area contributed by atoms with E-state index in [1.165, 1.54) is 0 Å². The second kappa shape index (κ2) is 12.5. The molecule has 3 N–H and O–H groups in total. The maximum atomic E-state index is 11.9. The summed E-state index contributed by atoms with van der Waals surface area (Å²) in [5.74, 6) is -1.61. The minimum atomic E-state index is -5.08. The molecule has 1 saturated heterocycles. The van der Waals surface area contributed by atoms with Crippen molar-refractivity contribution < 1.29 is 41.8 Å². The minimum Gasteiger partial charge on any atom is -0.496 e. The number of benzene rings is 1. The number of methoxy groups -OCH3 is 1. The van der Waals surface area contributed by atoms with Gasteiger partial charge >= 0.3 is 18.2 Å². The van der Waals surface area contributed by atoms with Crippen molar-refractivity contribution in [3.63, 3.8) is 0 Å². The van der Waals surface area contributed by atoms with E-state index in [1.807, 2.05) is 12.1 Å². The molecule has 0 atom stereocenters. The van der Waals surface area contributed by atoms with Gasteiger partial charge < -0.3 is 29.6 Å². The van der Waals surface area contributed by atoms with Crippen LogP contribution in [0.25, 0.3) is 11.5 Å². The number of aliphatic carboxylic acids is 1. The third-order valence-electron chi connectivity index (χ3n) is 5.35. The van der Waals surface area contributed by atoms with E-state index < -0.39 is 12.1 Å². The number of nitrogens with one attached hydrogen (secondary N) is 2. The van der Waals surface area contributed by atoms with Crippen LogP contribution in [0.1, 0.15) is 19.3 Å². The van der Waals surface area contributed by atoms with Gasteiger partial charge in [-0.3, -0.25) is 9.69 Å². The Morgan fingerprint density at radius 1 is 1.22 bits per heavy atom. The molecule has 1 aliphatic heterocycles. The summed E-state index contributed by atoms with van der Waals surface area (Å²) in [6.07, 6.45) is -2.17. The third-order valence-corrected chi connectivity index (χ3v) is 5.35. The molecule has 1 aromatic heterocycles. The zero-order valence-corrected chi connectivity index (χ0v) is 19.6. The van der Waals surface area contributed by atoms with Crippen LogP contribution in [0.15, 0.2) is 22.6 Å². The van der Waals surface area contributed by atoms with Crippen molar-refractivity contribution in [1.82, 2.24) is 15.1 Å². The summed E-state index contributed by atoms with van der Waals surface area (Å²) in [6, 6.07) is 5.79. The molecule has 1 aliphatic carbocycles. The van der Waals surface area contributed by atoms with Gasteiger partial charge in [0, 0.05) is 37.3 Å². The zero-order valence-electron chi connectivity index (χ0n) is 19.6. The summed E-state index contributed by atoms with van der Waals surface area (Å²) < 4.78 is 48.3. The molecule has 2 aromatic rings. The van der Waals surface area contributed by atoms with Crippen molar-refractivity contribution in [2.24, 2.45) is 5.92 Å². The van der Waals surface area contributed by atoms with Crippen LogP contribution in [-0.4, -0.2) is 84.8 Å². The molecule has 2 fully saturated rings. The summed E-state index contributed by atoms with van der Waals surface area (Å²) in [5, 5.41) is 21.4. The number of halogens is 3. The number of ether oxygens (including phenoxy) is 2. The van der Waals surface area contributed by atoms with E-state index in [4.69, 9.17) is 23.8 Å². The van der Waals surface area contributed by atoms with E-state index in [2.05, 4.69) is 25.7 Å². The molecule has 0 bridgehead atoms. The summed E-state index contributed by atoms with van der Waals surface area (Å²) in [7, 11) is 1.58. The molecule has 2 aliphatic rings. The predicted octanol–water partition coefficient (Wildman–Crippen LogP) is 2.86. The van der Waals surface area contributed by atoms with Crippen LogP contribution in [0, 0.1) is 5.92 Å². The maximum absolute atomic E-state index is 11.9. The second-order valence-corrected chi connectivity index (χ2v) is 8.13. The van der Waals surface area contributed by atoms with Gasteiger partial charge in [0.2, 0.25) is 5.91 Å². The lowest BCUT2D eigenvalue weighted by Crippen LogP contribution is -2.37. The Morgan fingerprint density at radius 2 is 1.92 bits per heavy atom. The van der Waals surface area contributed by atoms with E-state index in [-0.39, 0.29) is 11.8 Å². The Hall–Kier alpha value is -3.39. The molecule has 198 valence electrons. The second-order valence-electron chi connectivity index (χ2n) is 8.13. The summed E-state index contributed by atoms with van der Waals surface area (Å²) >= 11 is 0. The van der Waals surface area contributed by atoms with Crippen LogP contribution < -0.4 is 15.4 Å². The van der Waals surface area contributed by atoms with Gasteiger partial charge in [-0.2, -0.15) is 13.2 Å². The zero-order chi connectivity index (χ0) is 26.1. The average Bonchev–Trinajstić information content (AvgIpc) is 3.61. The maximum Gasteiger partial charge on any atom is 0.490 e. The van der Waals surface area contributed by atoms with Gasteiger partial charge in [-0.1, -0.05) is 5.10 Å². The Balaban J connectivity index is 0.000000454. The van der Waals surface area contributed by atoms with Crippen molar-refractivity contribution in [2.75, 3.05) is 57.1 Å². The topological polar surface area (TPSA) is 139 Å². The molecule has 11 nitrogen and oxygen atoms in total. The number of rotatable bonds is 9. The number of carbonyl (C=O) groups is 2. The smallest absolute Gasteiger partial charge is 0.490 e. The van der Waals surface area contributed by atoms with E-state index in [0.717, 1.165) is 58.7 Å². The Morgan fingerprint density at radius 3 is 2.53 bits per heavy atom. The number of carboxylic acids is 1. The number of carboxylic acid groups (broad SMARTS) is 1. The van der Waals surface area contributed by atoms with Crippen LogP contribution in [0.2, 0.25) is 0 Å². The van der Waals surface area contributed by atoms with Gasteiger partial charge in [-0.05, 0) is 37.9 Å². The van der Waals surface area contributed by atoms with Gasteiger partial charge in [-0.25, -0.2) is 4.79 Å². The Labute approximate surface area is 204 Å². The highest BCUT2D eigenvalue weighted by atomic mass is 19.4. The summed E-state index contributed by atoms with van der Waals surface area (Å²) in [5.41, 5.74) is 1.38. The van der Waals surface area contributed by atoms with Crippen molar-refractivity contribution in [3.8, 4) is 17.2 Å². The Bertz CT molecular complexity index is 1020. The van der Waals surface area contributed by atoms with E-state index in [0.29, 0.717) is 28.9 Å². The van der Waals surface area contributed by atoms with Crippen molar-refractivity contribution in [2.45, 2.75) is 25.4 Å². The first kappa shape index (κ1) is 27.2. The van der Waals surface area contributed by atoms with Gasteiger partial charge in [-0.15, -0.1) is 5.10 Å². The van der Waals surface area contributed by atoms with Crippen LogP contribution in [0.4, 0.5) is 24.9 Å². The first-order chi connectivity index (χ1) is 17.2. The molecular formula is C22H28F3N5O6. The molecule has 1 saturated carbocycles. The van der Waals surface area contributed by atoms with Gasteiger partial charge in [0.1, 0.15) is 5.75 Å². The fourth-order valence-electron chi connectivity index (χ4n) is 3.26. The Kier molecular flexibility index (Phi) is 9.47. The molecule has 1 amide bonds. The number of alkyl halides is 3. The van der Waals surface area contributed by atoms with Crippen LogP contribution in [0.3, 0.4) is 0 Å². The van der Waals surface area contributed by atoms with Gasteiger partial charge in [0.05, 0.1) is 25.9 Å². The number of aromatic nitrogens is 2. The van der Waals surface area contributed by atoms with Crippen LogP contribution in [0.5, 0.6) is 5.75 Å². The molecule has 0 unspecified atom stereocenters. The largest absolute Gasteiger partial charge is 0.496 e. The van der Waals surface area contributed by atoms with E-state index in [1.54, 1.807) is 13.2 Å². The quantitative estimate of drug-likeness (QED) is 0.427. The molecule has 4 rings (SSSR count). The number of carbonyl (C=O) groups excluding carboxylic acids is 1. The molecule has 14 heteroatoms. The van der Waals surface area contributed by atoms with Crippen molar-refractivity contribution >= 4 is 23.6 Å². The third kappa shape index (κ3) is 8.37. The average molecular weight is 515 g/mol. The lowest BCUT2D eigenvalue weighted by Gasteiger charge is -2.26. The first-order valence-electron chi connectivity index (χ1n) is 11.3. The number of hydrogen-bond acceptors (Lipinski definition) is 9. The summed E-state index contributed by atoms with van der Waals surface area (Å²) in [4.78, 5) is 23.2. The fraction of sp³-hybridized carbons (Fsp3) is 0.545. The molecule has 1 aromatic carbocycles. The number of amides is 1. The standard InChI is InChI=1S/C20H27N5O4.C2HF3O2/c1-27-17-13-15(22-18(26)14-3-4-14)5-6-16(17)19-23-24-20(29-19)21-7-2-8-25-9-11-28-12-10-25;3-2(4,5)1(6)7/h5-6,13-14H,2-4,7-12H2,1H3,(H,21,24)(H,22,26);(H,6,7). The SMILES string of the molecule is COc1cc(NC(=O)C2CC2)ccc1-c1nnc(NCCCN2CCOCC2)o1.O=C(O)C(F)(F)F. The highest BCUT2D eigenvalue weighted by molar-refractivity contribution is 5.94. The van der Waals surface area contributed by atoms with Crippen LogP contribution >= 0.6 is 0 Å². The first-order valence-corrected chi connectivity index (χ1v) is 11.3. The monoisotopic (exact) mass is 515 g/mol. The lowest BCUT2D eigenvalue weighted by molar-refractivity contribution is -0.192. The predicted molar refractivity (Wildman–Crippen MR) is 122 cm³/mol. The number of morpholine rings is 1. The number of hydrogen-bond donors (Lipinski definition) is 3. The lowest BCUT2D eigenvalue weighted by atomic mass is 10.1. The molecule has 2 heterocycles. The molecular weight excluding hydrogens is 487 g/mol. The van der Waals surface area contributed by atoms with Crippen LogP contribution in [-0.2, 0) is 14.3 Å².